The van der Waals surface area contributed by atoms with Crippen molar-refractivity contribution in [2.75, 3.05) is 37.3 Å². The van der Waals surface area contributed by atoms with E-state index in [1.54, 1.807) is 6.07 Å². The molecule has 1 aliphatic carbocycles. The molecule has 0 amide bonds. The molecule has 1 saturated heterocycles. The van der Waals surface area contributed by atoms with Gasteiger partial charge in [0.15, 0.2) is 9.84 Å². The molecule has 28 heavy (non-hydrogen) atoms. The van der Waals surface area contributed by atoms with E-state index in [1.165, 1.54) is 38.5 Å². The van der Waals surface area contributed by atoms with E-state index >= 15 is 0 Å². The van der Waals surface area contributed by atoms with Crippen molar-refractivity contribution in [2.45, 2.75) is 64.3 Å². The third kappa shape index (κ3) is 5.29. The maximum Gasteiger partial charge on any atom is 0.175 e. The van der Waals surface area contributed by atoms with Crippen LogP contribution < -0.4 is 4.90 Å². The monoisotopic (exact) mass is 406 g/mol. The zero-order valence-corrected chi connectivity index (χ0v) is 19.1. The van der Waals surface area contributed by atoms with Crippen LogP contribution in [0.25, 0.3) is 0 Å². The van der Waals surface area contributed by atoms with Crippen molar-refractivity contribution < 1.29 is 8.42 Å². The highest BCUT2D eigenvalue weighted by atomic mass is 32.2. The first kappa shape index (κ1) is 21.6. The van der Waals surface area contributed by atoms with Crippen LogP contribution in [0.15, 0.2) is 29.2 Å². The molecule has 0 radical (unpaired) electrons. The first-order valence-corrected chi connectivity index (χ1v) is 12.7. The minimum absolute atomic E-state index is 0.415. The minimum Gasteiger partial charge on any atom is -0.369 e. The van der Waals surface area contributed by atoms with Crippen LogP contribution in [0.3, 0.4) is 0 Å². The number of hydrogen-bond donors (Lipinski definition) is 0. The van der Waals surface area contributed by atoms with Crippen LogP contribution in [0, 0.1) is 17.3 Å². The van der Waals surface area contributed by atoms with Crippen molar-refractivity contribution in [1.82, 2.24) is 4.90 Å². The molecule has 1 aliphatic heterocycles. The second kappa shape index (κ2) is 8.35. The van der Waals surface area contributed by atoms with E-state index in [4.69, 9.17) is 0 Å². The molecule has 158 valence electrons. The van der Waals surface area contributed by atoms with Crippen molar-refractivity contribution >= 4 is 15.5 Å². The topological polar surface area (TPSA) is 40.6 Å². The van der Waals surface area contributed by atoms with E-state index in [0.29, 0.717) is 22.3 Å². The summed E-state index contributed by atoms with van der Waals surface area (Å²) in [7, 11) is -3.17. The maximum atomic E-state index is 11.9. The number of anilines is 1. The third-order valence-electron chi connectivity index (χ3n) is 6.87. The highest BCUT2D eigenvalue weighted by molar-refractivity contribution is 7.90. The van der Waals surface area contributed by atoms with Gasteiger partial charge in [-0.3, -0.25) is 4.90 Å². The van der Waals surface area contributed by atoms with Crippen LogP contribution in [0.2, 0.25) is 0 Å². The van der Waals surface area contributed by atoms with Gasteiger partial charge in [0.25, 0.3) is 0 Å². The van der Waals surface area contributed by atoms with Crippen molar-refractivity contribution in [3.8, 4) is 0 Å². The Balaban J connectivity index is 1.68. The lowest BCUT2D eigenvalue weighted by Gasteiger charge is -2.46. The zero-order valence-electron chi connectivity index (χ0n) is 18.3. The first-order chi connectivity index (χ1) is 13.0. The molecule has 5 heteroatoms. The van der Waals surface area contributed by atoms with Gasteiger partial charge in [-0.1, -0.05) is 33.8 Å². The van der Waals surface area contributed by atoms with Gasteiger partial charge in [0, 0.05) is 44.2 Å². The fourth-order valence-electron chi connectivity index (χ4n) is 4.83. The second-order valence-electron chi connectivity index (χ2n) is 10.1. The minimum atomic E-state index is -3.17. The van der Waals surface area contributed by atoms with Gasteiger partial charge in [0.05, 0.1) is 4.90 Å². The van der Waals surface area contributed by atoms with Gasteiger partial charge >= 0.3 is 0 Å². The molecule has 0 aromatic heterocycles. The van der Waals surface area contributed by atoms with E-state index in [1.807, 2.05) is 18.2 Å². The highest BCUT2D eigenvalue weighted by Gasteiger charge is 2.33. The number of benzene rings is 1. The van der Waals surface area contributed by atoms with Crippen LogP contribution in [0.1, 0.15) is 53.4 Å². The lowest BCUT2D eigenvalue weighted by molar-refractivity contribution is 0.0880. The summed E-state index contributed by atoms with van der Waals surface area (Å²) in [4.78, 5) is 5.50. The summed E-state index contributed by atoms with van der Waals surface area (Å²) in [6.07, 6.45) is 6.69. The number of sulfone groups is 1. The normalized spacial score (nSPS) is 24.6. The van der Waals surface area contributed by atoms with Crippen LogP contribution in [0.4, 0.5) is 5.69 Å². The maximum absolute atomic E-state index is 11.9. The standard InChI is InChI=1S/C23H38N2O2S/c1-18(2)22-17-24(20-7-6-8-21(15-20)28(5,26)27)13-14-25(22)16-19-9-11-23(3,4)12-10-19/h6-8,15,18-19,22H,9-14,16-17H2,1-5H3/t22-/m1/s1. The SMILES string of the molecule is CC(C)[C@H]1CN(c2cccc(S(C)(=O)=O)c2)CCN1CC1CCC(C)(C)CC1. The molecule has 0 bridgehead atoms. The summed E-state index contributed by atoms with van der Waals surface area (Å²) in [5.74, 6) is 1.41. The summed E-state index contributed by atoms with van der Waals surface area (Å²) in [5.41, 5.74) is 1.56. The van der Waals surface area contributed by atoms with Gasteiger partial charge in [-0.25, -0.2) is 8.42 Å². The van der Waals surface area contributed by atoms with E-state index < -0.39 is 9.84 Å². The largest absolute Gasteiger partial charge is 0.369 e. The summed E-state index contributed by atoms with van der Waals surface area (Å²) in [5, 5.41) is 0. The number of hydrogen-bond acceptors (Lipinski definition) is 4. The van der Waals surface area contributed by atoms with Crippen LogP contribution in [0.5, 0.6) is 0 Å². The molecule has 0 spiro atoms. The average Bonchev–Trinajstić information content (AvgIpc) is 2.63. The molecule has 3 rings (SSSR count). The molecule has 1 aromatic carbocycles. The Bertz CT molecular complexity index is 763. The molecule has 1 saturated carbocycles. The van der Waals surface area contributed by atoms with E-state index in [9.17, 15) is 8.42 Å². The quantitative estimate of drug-likeness (QED) is 0.724. The summed E-state index contributed by atoms with van der Waals surface area (Å²) >= 11 is 0. The summed E-state index contributed by atoms with van der Waals surface area (Å²) in [6, 6.07) is 7.97. The van der Waals surface area contributed by atoms with Crippen molar-refractivity contribution in [2.24, 2.45) is 17.3 Å². The number of rotatable bonds is 5. The summed E-state index contributed by atoms with van der Waals surface area (Å²) < 4.78 is 23.9. The van der Waals surface area contributed by atoms with E-state index in [-0.39, 0.29) is 0 Å². The molecule has 1 heterocycles. The average molecular weight is 407 g/mol. The molecular weight excluding hydrogens is 368 g/mol. The van der Waals surface area contributed by atoms with Gasteiger partial charge in [0.2, 0.25) is 0 Å². The Morgan fingerprint density at radius 1 is 1.14 bits per heavy atom. The molecule has 1 aromatic rings. The molecule has 2 fully saturated rings. The highest BCUT2D eigenvalue weighted by Crippen LogP contribution is 2.38. The van der Waals surface area contributed by atoms with Crippen molar-refractivity contribution in [1.29, 1.82) is 0 Å². The fraction of sp³-hybridized carbons (Fsp3) is 0.739. The Morgan fingerprint density at radius 3 is 2.43 bits per heavy atom. The zero-order chi connectivity index (χ0) is 20.5. The van der Waals surface area contributed by atoms with Crippen molar-refractivity contribution in [3.05, 3.63) is 24.3 Å². The van der Waals surface area contributed by atoms with Gasteiger partial charge in [0.1, 0.15) is 0 Å². The predicted octanol–water partition coefficient (Wildman–Crippen LogP) is 4.45. The third-order valence-corrected chi connectivity index (χ3v) is 7.98. The Morgan fingerprint density at radius 2 is 1.82 bits per heavy atom. The smallest absolute Gasteiger partial charge is 0.175 e. The van der Waals surface area contributed by atoms with Crippen molar-refractivity contribution in [3.63, 3.8) is 0 Å². The Hall–Kier alpha value is -1.07. The second-order valence-corrected chi connectivity index (χ2v) is 12.1. The molecule has 1 atom stereocenters. The number of piperazine rings is 1. The molecule has 0 N–H and O–H groups in total. The Labute approximate surface area is 172 Å². The van der Waals surface area contributed by atoms with Crippen LogP contribution in [-0.2, 0) is 9.84 Å². The number of nitrogens with zero attached hydrogens (tertiary/aromatic N) is 2. The molecular formula is C23H38N2O2S. The van der Waals surface area contributed by atoms with Gasteiger partial charge < -0.3 is 4.90 Å². The van der Waals surface area contributed by atoms with Crippen LogP contribution >= 0.6 is 0 Å². The van der Waals surface area contributed by atoms with Gasteiger partial charge in [-0.05, 0) is 61.1 Å². The lowest BCUT2D eigenvalue weighted by Crippen LogP contribution is -2.56. The first-order valence-electron chi connectivity index (χ1n) is 10.8. The fourth-order valence-corrected chi connectivity index (χ4v) is 5.49. The molecule has 0 unspecified atom stereocenters. The van der Waals surface area contributed by atoms with Gasteiger partial charge in [-0.2, -0.15) is 0 Å². The van der Waals surface area contributed by atoms with Crippen LogP contribution in [-0.4, -0.2) is 51.8 Å². The van der Waals surface area contributed by atoms with E-state index in [2.05, 4.69) is 37.5 Å². The Kier molecular flexibility index (Phi) is 6.45. The molecule has 4 nitrogen and oxygen atoms in total. The summed E-state index contributed by atoms with van der Waals surface area (Å²) in [6.45, 7) is 13.7. The predicted molar refractivity (Wildman–Crippen MR) is 118 cm³/mol. The molecule has 2 aliphatic rings. The van der Waals surface area contributed by atoms with E-state index in [0.717, 1.165) is 31.2 Å². The lowest BCUT2D eigenvalue weighted by atomic mass is 9.73. The van der Waals surface area contributed by atoms with Gasteiger partial charge in [-0.15, -0.1) is 0 Å².